The molecule has 0 radical (unpaired) electrons. The largest absolute Gasteiger partial charge is 0.376 e. The van der Waals surface area contributed by atoms with E-state index in [0.29, 0.717) is 4.88 Å². The fourth-order valence-electron chi connectivity index (χ4n) is 1.97. The maximum absolute atomic E-state index is 12.0. The minimum atomic E-state index is -0.144. The number of rotatable bonds is 6. The Morgan fingerprint density at radius 2 is 1.86 bits per heavy atom. The lowest BCUT2D eigenvalue weighted by atomic mass is 10.2. The van der Waals surface area contributed by atoms with Crippen LogP contribution in [0.15, 0.2) is 41.8 Å². The Morgan fingerprint density at radius 3 is 2.52 bits per heavy atom. The molecule has 4 nitrogen and oxygen atoms in total. The first-order valence-corrected chi connectivity index (χ1v) is 7.59. The topological polar surface area (TPSA) is 49.4 Å². The zero-order valence-electron chi connectivity index (χ0n) is 12.1. The van der Waals surface area contributed by atoms with E-state index in [1.165, 1.54) is 11.3 Å². The maximum atomic E-state index is 12.0. The molecule has 2 aromatic rings. The molecule has 110 valence electrons. The average Bonchev–Trinajstić information content (AvgIpc) is 2.99. The normalized spacial score (nSPS) is 10.2. The van der Waals surface area contributed by atoms with E-state index in [0.717, 1.165) is 11.4 Å². The highest BCUT2D eigenvalue weighted by Gasteiger charge is 2.12. The van der Waals surface area contributed by atoms with E-state index >= 15 is 0 Å². The third kappa shape index (κ3) is 4.16. The second kappa shape index (κ2) is 7.04. The van der Waals surface area contributed by atoms with Crippen LogP contribution in [0.25, 0.3) is 0 Å². The quantitative estimate of drug-likeness (QED) is 0.832. The van der Waals surface area contributed by atoms with Gasteiger partial charge in [0.05, 0.1) is 16.3 Å². The number of nitrogens with one attached hydrogen (secondary N) is 1. The number of thiophene rings is 1. The van der Waals surface area contributed by atoms with Crippen LogP contribution in [-0.2, 0) is 4.79 Å². The first-order chi connectivity index (χ1) is 10.1. The summed E-state index contributed by atoms with van der Waals surface area (Å²) >= 11 is 1.41. The van der Waals surface area contributed by atoms with Crippen LogP contribution in [0, 0.1) is 0 Å². The number of carbonyl (C=O) groups excluding carboxylic acids is 2. The van der Waals surface area contributed by atoms with Crippen molar-refractivity contribution in [3.8, 4) is 0 Å². The molecule has 2 rings (SSSR count). The third-order valence-corrected chi connectivity index (χ3v) is 3.95. The van der Waals surface area contributed by atoms with Gasteiger partial charge in [0.15, 0.2) is 5.78 Å². The van der Waals surface area contributed by atoms with Gasteiger partial charge in [-0.2, -0.15) is 0 Å². The van der Waals surface area contributed by atoms with Crippen LogP contribution < -0.4 is 10.2 Å². The predicted molar refractivity (Wildman–Crippen MR) is 87.3 cm³/mol. The Kier molecular flexibility index (Phi) is 5.11. The highest BCUT2D eigenvalue weighted by atomic mass is 32.1. The maximum Gasteiger partial charge on any atom is 0.224 e. The van der Waals surface area contributed by atoms with Gasteiger partial charge in [-0.25, -0.2) is 0 Å². The molecule has 0 bridgehead atoms. The van der Waals surface area contributed by atoms with E-state index in [9.17, 15) is 9.59 Å². The molecule has 21 heavy (non-hydrogen) atoms. The minimum Gasteiger partial charge on any atom is -0.376 e. The van der Waals surface area contributed by atoms with Crippen LogP contribution in [-0.4, -0.2) is 25.8 Å². The molecule has 0 saturated carbocycles. The molecule has 0 atom stereocenters. The van der Waals surface area contributed by atoms with Crippen LogP contribution >= 0.6 is 11.3 Å². The van der Waals surface area contributed by atoms with E-state index in [1.807, 2.05) is 54.7 Å². The molecule has 0 aliphatic carbocycles. The molecule has 1 aromatic carbocycles. The number of nitrogens with zero attached hydrogens (tertiary/aromatic N) is 1. The van der Waals surface area contributed by atoms with Gasteiger partial charge >= 0.3 is 0 Å². The second-order valence-corrected chi connectivity index (χ2v) is 5.81. The van der Waals surface area contributed by atoms with Crippen molar-refractivity contribution in [3.63, 3.8) is 0 Å². The molecule has 1 N–H and O–H groups in total. The van der Waals surface area contributed by atoms with Crippen LogP contribution in [0.5, 0.6) is 0 Å². The Labute approximate surface area is 128 Å². The molecule has 5 heteroatoms. The van der Waals surface area contributed by atoms with Crippen molar-refractivity contribution in [2.45, 2.75) is 12.8 Å². The van der Waals surface area contributed by atoms with Crippen LogP contribution in [0.1, 0.15) is 22.5 Å². The molecular weight excluding hydrogens is 284 g/mol. The van der Waals surface area contributed by atoms with Crippen molar-refractivity contribution >= 4 is 34.4 Å². The molecule has 1 aromatic heterocycles. The Hall–Kier alpha value is -2.14. The summed E-state index contributed by atoms with van der Waals surface area (Å²) in [5, 5.41) is 4.72. The summed E-state index contributed by atoms with van der Waals surface area (Å²) in [6, 6.07) is 11.2. The molecule has 0 aliphatic rings. The van der Waals surface area contributed by atoms with Gasteiger partial charge in [0.2, 0.25) is 5.91 Å². The number of hydrogen-bond acceptors (Lipinski definition) is 4. The number of hydrogen-bond donors (Lipinski definition) is 1. The zero-order valence-corrected chi connectivity index (χ0v) is 12.9. The predicted octanol–water partition coefficient (Wildman–Crippen LogP) is 3.42. The number of amides is 1. The summed E-state index contributed by atoms with van der Waals surface area (Å²) in [7, 11) is 3.84. The van der Waals surface area contributed by atoms with Crippen molar-refractivity contribution in [3.05, 3.63) is 46.7 Å². The van der Waals surface area contributed by atoms with Gasteiger partial charge in [0.1, 0.15) is 0 Å². The Balaban J connectivity index is 1.92. The number of ketones is 1. The minimum absolute atomic E-state index is 0.0149. The smallest absolute Gasteiger partial charge is 0.224 e. The Morgan fingerprint density at radius 1 is 1.10 bits per heavy atom. The summed E-state index contributed by atoms with van der Waals surface area (Å²) in [6.07, 6.45) is 0.426. The van der Waals surface area contributed by atoms with Crippen LogP contribution in [0.3, 0.4) is 0 Å². The molecule has 0 fully saturated rings. The van der Waals surface area contributed by atoms with E-state index in [2.05, 4.69) is 5.32 Å². The van der Waals surface area contributed by atoms with Gasteiger partial charge in [0.25, 0.3) is 0 Å². The van der Waals surface area contributed by atoms with Crippen molar-refractivity contribution in [2.24, 2.45) is 0 Å². The summed E-state index contributed by atoms with van der Waals surface area (Å²) < 4.78 is 0. The first kappa shape index (κ1) is 15.3. The van der Waals surface area contributed by atoms with Gasteiger partial charge in [-0.05, 0) is 23.6 Å². The van der Waals surface area contributed by atoms with Gasteiger partial charge < -0.3 is 10.2 Å². The van der Waals surface area contributed by atoms with E-state index in [-0.39, 0.29) is 24.5 Å². The fourth-order valence-corrected chi connectivity index (χ4v) is 2.66. The number of carbonyl (C=O) groups is 2. The lowest BCUT2D eigenvalue weighted by molar-refractivity contribution is -0.116. The lowest BCUT2D eigenvalue weighted by Crippen LogP contribution is -2.17. The van der Waals surface area contributed by atoms with Crippen molar-refractivity contribution in [2.75, 3.05) is 24.3 Å². The fraction of sp³-hybridized carbons (Fsp3) is 0.250. The van der Waals surface area contributed by atoms with E-state index in [4.69, 9.17) is 0 Å². The standard InChI is InChI=1S/C16H18N2O2S/c1-18(2)13-7-4-3-6-12(13)17-16(20)10-9-14(19)15-8-5-11-21-15/h3-8,11H,9-10H2,1-2H3,(H,17,20). The lowest BCUT2D eigenvalue weighted by Gasteiger charge is -2.17. The second-order valence-electron chi connectivity index (χ2n) is 4.86. The third-order valence-electron chi connectivity index (χ3n) is 3.04. The molecule has 0 saturated heterocycles. The average molecular weight is 302 g/mol. The van der Waals surface area contributed by atoms with Gasteiger partial charge in [-0.1, -0.05) is 18.2 Å². The van der Waals surface area contributed by atoms with Crippen molar-refractivity contribution in [1.82, 2.24) is 0 Å². The number of Topliss-reactive ketones (excluding diaryl/α,β-unsaturated/α-hetero) is 1. The van der Waals surface area contributed by atoms with Gasteiger partial charge in [-0.15, -0.1) is 11.3 Å². The summed E-state index contributed by atoms with van der Waals surface area (Å²) in [6.45, 7) is 0. The monoisotopic (exact) mass is 302 g/mol. The molecule has 1 heterocycles. The zero-order chi connectivity index (χ0) is 15.2. The summed E-state index contributed by atoms with van der Waals surface area (Å²) in [5.74, 6) is -0.129. The number of anilines is 2. The summed E-state index contributed by atoms with van der Waals surface area (Å²) in [5.41, 5.74) is 1.70. The SMILES string of the molecule is CN(C)c1ccccc1NC(=O)CCC(=O)c1cccs1. The summed E-state index contributed by atoms with van der Waals surface area (Å²) in [4.78, 5) is 26.5. The van der Waals surface area contributed by atoms with E-state index in [1.54, 1.807) is 6.07 Å². The van der Waals surface area contributed by atoms with E-state index < -0.39 is 0 Å². The molecule has 0 aliphatic heterocycles. The Bertz CT molecular complexity index is 621. The highest BCUT2D eigenvalue weighted by Crippen LogP contribution is 2.23. The van der Waals surface area contributed by atoms with Gasteiger partial charge in [0, 0.05) is 26.9 Å². The molecule has 1 amide bonds. The van der Waals surface area contributed by atoms with Crippen molar-refractivity contribution < 1.29 is 9.59 Å². The first-order valence-electron chi connectivity index (χ1n) is 6.71. The van der Waals surface area contributed by atoms with Gasteiger partial charge in [-0.3, -0.25) is 9.59 Å². The number of benzene rings is 1. The van der Waals surface area contributed by atoms with Crippen LogP contribution in [0.2, 0.25) is 0 Å². The molecule has 0 spiro atoms. The van der Waals surface area contributed by atoms with Crippen molar-refractivity contribution in [1.29, 1.82) is 0 Å². The highest BCUT2D eigenvalue weighted by molar-refractivity contribution is 7.12. The number of para-hydroxylation sites is 2. The van der Waals surface area contributed by atoms with Crippen LogP contribution in [0.4, 0.5) is 11.4 Å². The molecule has 0 unspecified atom stereocenters. The molecular formula is C16H18N2O2S.